The Morgan fingerprint density at radius 1 is 0.844 bits per heavy atom. The molecule has 0 bridgehead atoms. The first-order chi connectivity index (χ1) is 30.9. The Hall–Kier alpha value is -5.39. The highest BCUT2D eigenvalue weighted by molar-refractivity contribution is 7.15. The quantitative estimate of drug-likeness (QED) is 0.0588. The number of aryl methyl sites for hydroxylation is 2. The number of thiophene rings is 1. The van der Waals surface area contributed by atoms with Crippen LogP contribution in [0.2, 0.25) is 5.02 Å². The zero-order chi connectivity index (χ0) is 45.3. The molecule has 1 fully saturated rings. The lowest BCUT2D eigenvalue weighted by molar-refractivity contribution is -0.125. The van der Waals surface area contributed by atoms with Crippen LogP contribution in [0.3, 0.4) is 0 Å². The Morgan fingerprint density at radius 2 is 1.52 bits per heavy atom. The molecule has 0 spiro atoms. The molecule has 2 atom stereocenters. The van der Waals surface area contributed by atoms with Crippen molar-refractivity contribution < 1.29 is 42.9 Å². The molecule has 3 aliphatic heterocycles. The molecule has 5 heterocycles. The molecule has 0 saturated carbocycles. The molecular formula is C47H53ClN6O9S. The largest absolute Gasteiger partial charge is 0.485 e. The van der Waals surface area contributed by atoms with E-state index >= 15 is 0 Å². The predicted molar refractivity (Wildman–Crippen MR) is 241 cm³/mol. The first-order valence-corrected chi connectivity index (χ1v) is 22.9. The van der Waals surface area contributed by atoms with Crippen LogP contribution in [-0.2, 0) is 28.6 Å². The van der Waals surface area contributed by atoms with Gasteiger partial charge in [-0.2, -0.15) is 0 Å². The highest BCUT2D eigenvalue weighted by atomic mass is 35.5. The minimum Gasteiger partial charge on any atom is -0.485 e. The van der Waals surface area contributed by atoms with Gasteiger partial charge >= 0.3 is 0 Å². The van der Waals surface area contributed by atoms with E-state index in [0.29, 0.717) is 94.7 Å². The van der Waals surface area contributed by atoms with Crippen LogP contribution in [0, 0.1) is 20.8 Å². The smallest absolute Gasteiger partial charge is 0.266 e. The third kappa shape index (κ3) is 10.8. The molecule has 4 aromatic rings. The second-order valence-electron chi connectivity index (χ2n) is 16.0. The molecule has 17 heteroatoms. The molecule has 2 aromatic heterocycles. The molecule has 1 saturated heterocycles. The van der Waals surface area contributed by atoms with Crippen molar-refractivity contribution in [2.45, 2.75) is 90.6 Å². The number of aromatic nitrogens is 3. The normalized spacial score (nSPS) is 16.9. The van der Waals surface area contributed by atoms with Crippen LogP contribution in [0.1, 0.15) is 118 Å². The van der Waals surface area contributed by atoms with Gasteiger partial charge in [0.15, 0.2) is 11.6 Å². The van der Waals surface area contributed by atoms with Crippen molar-refractivity contribution in [2.24, 2.45) is 4.99 Å². The van der Waals surface area contributed by atoms with Crippen molar-refractivity contribution in [3.8, 4) is 10.8 Å². The summed E-state index contributed by atoms with van der Waals surface area (Å²) >= 11 is 7.91. The van der Waals surface area contributed by atoms with Gasteiger partial charge in [0.25, 0.3) is 11.8 Å². The topological polar surface area (TPSA) is 181 Å². The minimum atomic E-state index is -0.930. The van der Waals surface area contributed by atoms with Gasteiger partial charge in [-0.1, -0.05) is 36.4 Å². The lowest BCUT2D eigenvalue weighted by Crippen LogP contribution is -2.51. The van der Waals surface area contributed by atoms with Crippen molar-refractivity contribution in [1.29, 1.82) is 0 Å². The lowest BCUT2D eigenvalue weighted by Gasteiger charge is -2.29. The SMILES string of the molecule is C=C1CCC(N2C(=O)c3cccc(OCC(=O)CCCCOCCOCCOCCCCC(=O)C[C@@H]4N=C(c5ccc(Cl)cc5)c5c(sc(C)c5C)-n5c(C)nnc54)c3C2=O)C(=O)N1. The summed E-state index contributed by atoms with van der Waals surface area (Å²) in [5.41, 5.74) is 4.70. The summed E-state index contributed by atoms with van der Waals surface area (Å²) in [5, 5.41) is 13.2. The Balaban J connectivity index is 0.730. The number of hydrogen-bond acceptors (Lipinski definition) is 13. The lowest BCUT2D eigenvalue weighted by atomic mass is 9.99. The van der Waals surface area contributed by atoms with Crippen LogP contribution in [0.15, 0.2) is 59.7 Å². The molecule has 0 aliphatic carbocycles. The number of aliphatic imine (C=N–C) groups is 1. The Bertz CT molecular complexity index is 2440. The maximum absolute atomic E-state index is 13.3. The molecule has 3 amide bonds. The van der Waals surface area contributed by atoms with Crippen molar-refractivity contribution in [1.82, 2.24) is 25.0 Å². The third-order valence-electron chi connectivity index (χ3n) is 11.4. The number of amides is 3. The number of ether oxygens (including phenoxy) is 4. The summed E-state index contributed by atoms with van der Waals surface area (Å²) in [7, 11) is 0. The van der Waals surface area contributed by atoms with Crippen LogP contribution in [0.25, 0.3) is 5.00 Å². The number of ketones is 2. The molecule has 1 unspecified atom stereocenters. The maximum Gasteiger partial charge on any atom is 0.266 e. The summed E-state index contributed by atoms with van der Waals surface area (Å²) in [4.78, 5) is 72.1. The first kappa shape index (κ1) is 46.6. The Kier molecular flexibility index (Phi) is 15.7. The zero-order valence-corrected chi connectivity index (χ0v) is 38.0. The fourth-order valence-corrected chi connectivity index (χ4v) is 9.30. The number of Topliss-reactive ketones (excluding diaryl/α,β-unsaturated/α-hetero) is 2. The summed E-state index contributed by atoms with van der Waals surface area (Å²) in [5.74, 6) is -0.0965. The van der Waals surface area contributed by atoms with Gasteiger partial charge in [0, 0.05) is 59.2 Å². The zero-order valence-electron chi connectivity index (χ0n) is 36.4. The molecule has 1 N–H and O–H groups in total. The van der Waals surface area contributed by atoms with E-state index in [1.165, 1.54) is 10.9 Å². The van der Waals surface area contributed by atoms with Crippen LogP contribution >= 0.6 is 22.9 Å². The van der Waals surface area contributed by atoms with Crippen LogP contribution < -0.4 is 10.1 Å². The minimum absolute atomic E-state index is 0.0668. The molecule has 2 aromatic carbocycles. The van der Waals surface area contributed by atoms with Crippen molar-refractivity contribution in [3.05, 3.63) is 104 Å². The maximum atomic E-state index is 13.3. The second-order valence-corrected chi connectivity index (χ2v) is 17.7. The summed E-state index contributed by atoms with van der Waals surface area (Å²) in [6.45, 7) is 12.3. The van der Waals surface area contributed by atoms with E-state index in [1.54, 1.807) is 23.5 Å². The van der Waals surface area contributed by atoms with Crippen molar-refractivity contribution in [3.63, 3.8) is 0 Å². The number of nitrogens with one attached hydrogen (secondary N) is 1. The Morgan fingerprint density at radius 3 is 2.20 bits per heavy atom. The number of benzene rings is 2. The summed E-state index contributed by atoms with van der Waals surface area (Å²) in [6, 6.07) is 10.9. The fraction of sp³-hybridized carbons (Fsp3) is 0.447. The number of halogens is 1. The van der Waals surface area contributed by atoms with E-state index in [2.05, 4.69) is 40.5 Å². The van der Waals surface area contributed by atoms with Crippen LogP contribution in [0.5, 0.6) is 5.75 Å². The van der Waals surface area contributed by atoms with Crippen LogP contribution in [0.4, 0.5) is 0 Å². The second kappa shape index (κ2) is 21.5. The molecule has 64 heavy (non-hydrogen) atoms. The van der Waals surface area contributed by atoms with E-state index < -0.39 is 29.8 Å². The van der Waals surface area contributed by atoms with E-state index in [9.17, 15) is 24.0 Å². The highest BCUT2D eigenvalue weighted by Crippen LogP contribution is 2.40. The van der Waals surface area contributed by atoms with Gasteiger partial charge in [-0.15, -0.1) is 21.5 Å². The number of unbranched alkanes of at least 4 members (excludes halogenated alkanes) is 2. The van der Waals surface area contributed by atoms with Gasteiger partial charge in [0.2, 0.25) is 5.91 Å². The standard InChI is InChI=1S/C47H53ClN6O9S/c1-28-14-19-38(44(57)49-28)54-45(58)36-12-9-13-39(41(36)46(54)59)63-27-35(56)11-6-8-21-61-23-25-62-24-22-60-20-7-5-10-34(55)26-37-43-52-51-31(4)53(43)47-40(29(2)30(3)64-47)42(50-37)32-15-17-33(48)18-16-32/h9,12-13,15-18,37-38H,1,5-8,10-11,14,19-27H2,2-4H3,(H,49,57)/t37-,38?/m0/s1. The van der Waals surface area contributed by atoms with Gasteiger partial charge in [0.05, 0.1) is 43.3 Å². The number of allylic oxidation sites excluding steroid dienone is 1. The van der Waals surface area contributed by atoms with Gasteiger partial charge in [-0.3, -0.25) is 38.4 Å². The summed E-state index contributed by atoms with van der Waals surface area (Å²) in [6.07, 6.45) is 4.37. The number of rotatable bonds is 23. The van der Waals surface area contributed by atoms with Gasteiger partial charge in [-0.05, 0) is 89.1 Å². The van der Waals surface area contributed by atoms with Gasteiger partial charge in [-0.25, -0.2) is 0 Å². The number of fused-ring (bicyclic) bond motifs is 4. The summed E-state index contributed by atoms with van der Waals surface area (Å²) < 4.78 is 24.8. The molecule has 3 aliphatic rings. The average molecular weight is 913 g/mol. The number of carbonyl (C=O) groups excluding carboxylic acids is 5. The highest BCUT2D eigenvalue weighted by Gasteiger charge is 2.45. The molecule has 15 nitrogen and oxygen atoms in total. The molecule has 338 valence electrons. The van der Waals surface area contributed by atoms with Crippen LogP contribution in [-0.4, -0.2) is 107 Å². The number of nitrogens with zero attached hydrogens (tertiary/aromatic N) is 5. The van der Waals surface area contributed by atoms with E-state index in [4.69, 9.17) is 35.5 Å². The van der Waals surface area contributed by atoms with Gasteiger partial charge in [0.1, 0.15) is 41.0 Å². The van der Waals surface area contributed by atoms with Crippen molar-refractivity contribution in [2.75, 3.05) is 46.2 Å². The monoisotopic (exact) mass is 912 g/mol. The van der Waals surface area contributed by atoms with E-state index in [-0.39, 0.29) is 47.9 Å². The number of hydrogen-bond donors (Lipinski definition) is 1. The number of imide groups is 1. The Labute approximate surface area is 381 Å². The fourth-order valence-electron chi connectivity index (χ4n) is 7.96. The predicted octanol–water partition coefficient (Wildman–Crippen LogP) is 7.19. The van der Waals surface area contributed by atoms with Gasteiger partial charge < -0.3 is 24.3 Å². The van der Waals surface area contributed by atoms with E-state index in [1.807, 2.05) is 31.2 Å². The van der Waals surface area contributed by atoms with Crippen molar-refractivity contribution >= 4 is 57.9 Å². The molecular weight excluding hydrogens is 860 g/mol. The van der Waals surface area contributed by atoms with E-state index in [0.717, 1.165) is 44.5 Å². The first-order valence-electron chi connectivity index (χ1n) is 21.7. The third-order valence-corrected chi connectivity index (χ3v) is 12.9. The molecule has 0 radical (unpaired) electrons. The number of piperidine rings is 1. The number of carbonyl (C=O) groups is 5. The average Bonchev–Trinajstić information content (AvgIpc) is 3.85. The molecule has 7 rings (SSSR count).